The number of rotatable bonds is 8. The summed E-state index contributed by atoms with van der Waals surface area (Å²) in [6, 6.07) is 11.3. The largest absolute Gasteiger partial charge is 0.338 e. The van der Waals surface area contributed by atoms with Crippen molar-refractivity contribution >= 4 is 27.3 Å². The van der Waals surface area contributed by atoms with Crippen LogP contribution < -0.4 is 10.0 Å². The molecule has 0 amide bonds. The van der Waals surface area contributed by atoms with Gasteiger partial charge in [-0.3, -0.25) is 4.72 Å². The molecule has 6 nitrogen and oxygen atoms in total. The van der Waals surface area contributed by atoms with Gasteiger partial charge in [0.05, 0.1) is 5.75 Å². The van der Waals surface area contributed by atoms with Gasteiger partial charge in [-0.25, -0.2) is 8.42 Å². The van der Waals surface area contributed by atoms with Gasteiger partial charge in [-0.1, -0.05) is 45.4 Å². The lowest BCUT2D eigenvalue weighted by Gasteiger charge is -2.14. The second-order valence-corrected chi connectivity index (χ2v) is 7.79. The lowest BCUT2D eigenvalue weighted by molar-refractivity contribution is 0.597. The molecule has 1 heterocycles. The molecule has 0 bridgehead atoms. The standard InChI is InChI=1S/C17H24N4O2S/c1-4-5-12-24(22,23)21-17-11-10-16(19-20-17)18-15-9-7-6-8-14(15)13(2)3/h6-11,13H,4-5,12H2,1-3H3,(H,18,19)(H,20,21). The molecule has 1 aromatic carbocycles. The van der Waals surface area contributed by atoms with Crippen molar-refractivity contribution in [3.8, 4) is 0 Å². The van der Waals surface area contributed by atoms with E-state index in [-0.39, 0.29) is 11.6 Å². The molecular formula is C17H24N4O2S. The van der Waals surface area contributed by atoms with Gasteiger partial charge in [-0.2, -0.15) is 0 Å². The maximum atomic E-state index is 11.9. The van der Waals surface area contributed by atoms with Crippen LogP contribution in [0.25, 0.3) is 0 Å². The average molecular weight is 348 g/mol. The molecule has 130 valence electrons. The number of nitrogens with zero attached hydrogens (tertiary/aromatic N) is 2. The molecule has 1 aromatic heterocycles. The van der Waals surface area contributed by atoms with Crippen LogP contribution in [0.5, 0.6) is 0 Å². The molecule has 0 aliphatic rings. The zero-order valence-corrected chi connectivity index (χ0v) is 15.1. The van der Waals surface area contributed by atoms with Crippen LogP contribution in [-0.2, 0) is 10.0 Å². The van der Waals surface area contributed by atoms with E-state index in [1.54, 1.807) is 12.1 Å². The highest BCUT2D eigenvalue weighted by Crippen LogP contribution is 2.26. The van der Waals surface area contributed by atoms with E-state index < -0.39 is 10.0 Å². The Morgan fingerprint density at radius 2 is 1.71 bits per heavy atom. The van der Waals surface area contributed by atoms with Crippen molar-refractivity contribution in [2.45, 2.75) is 39.5 Å². The number of unbranched alkanes of at least 4 members (excludes halogenated alkanes) is 1. The summed E-state index contributed by atoms with van der Waals surface area (Å²) in [4.78, 5) is 0. The van der Waals surface area contributed by atoms with Crippen molar-refractivity contribution in [1.29, 1.82) is 0 Å². The summed E-state index contributed by atoms with van der Waals surface area (Å²) in [6.45, 7) is 6.20. The predicted octanol–water partition coefficient (Wildman–Crippen LogP) is 3.89. The maximum Gasteiger partial charge on any atom is 0.233 e. The second-order valence-electron chi connectivity index (χ2n) is 5.95. The Labute approximate surface area is 143 Å². The van der Waals surface area contributed by atoms with Gasteiger partial charge < -0.3 is 5.32 Å². The maximum absolute atomic E-state index is 11.9. The number of sulfonamides is 1. The smallest absolute Gasteiger partial charge is 0.233 e. The Morgan fingerprint density at radius 1 is 1.04 bits per heavy atom. The van der Waals surface area contributed by atoms with E-state index in [1.165, 1.54) is 5.56 Å². The van der Waals surface area contributed by atoms with Crippen LogP contribution in [-0.4, -0.2) is 24.4 Å². The highest BCUT2D eigenvalue weighted by Gasteiger charge is 2.11. The highest BCUT2D eigenvalue weighted by molar-refractivity contribution is 7.92. The molecule has 0 fully saturated rings. The third-order valence-corrected chi connectivity index (χ3v) is 4.88. The molecule has 0 saturated heterocycles. The van der Waals surface area contributed by atoms with Gasteiger partial charge in [0, 0.05) is 5.69 Å². The summed E-state index contributed by atoms with van der Waals surface area (Å²) in [6.07, 6.45) is 1.44. The molecule has 0 atom stereocenters. The Kier molecular flexibility index (Phi) is 6.14. The number of benzene rings is 1. The van der Waals surface area contributed by atoms with Crippen LogP contribution in [0, 0.1) is 0 Å². The van der Waals surface area contributed by atoms with Crippen molar-refractivity contribution in [3.05, 3.63) is 42.0 Å². The summed E-state index contributed by atoms with van der Waals surface area (Å²) in [5.41, 5.74) is 2.15. The summed E-state index contributed by atoms with van der Waals surface area (Å²) in [5, 5.41) is 11.2. The fraction of sp³-hybridized carbons (Fsp3) is 0.412. The minimum Gasteiger partial charge on any atom is -0.338 e. The Balaban J connectivity index is 2.08. The topological polar surface area (TPSA) is 84.0 Å². The first-order valence-electron chi connectivity index (χ1n) is 8.11. The van der Waals surface area contributed by atoms with Gasteiger partial charge in [-0.05, 0) is 36.1 Å². The second kappa shape index (κ2) is 8.10. The van der Waals surface area contributed by atoms with Gasteiger partial charge in [0.15, 0.2) is 11.6 Å². The molecule has 0 spiro atoms. The summed E-state index contributed by atoms with van der Waals surface area (Å²) in [5.74, 6) is 1.27. The molecule has 2 N–H and O–H groups in total. The summed E-state index contributed by atoms with van der Waals surface area (Å²) < 4.78 is 26.2. The van der Waals surface area contributed by atoms with E-state index in [4.69, 9.17) is 0 Å². The zero-order valence-electron chi connectivity index (χ0n) is 14.3. The van der Waals surface area contributed by atoms with Crippen LogP contribution in [0.1, 0.15) is 45.1 Å². The van der Waals surface area contributed by atoms with Gasteiger partial charge in [-0.15, -0.1) is 10.2 Å². The average Bonchev–Trinajstić information content (AvgIpc) is 2.55. The molecular weight excluding hydrogens is 324 g/mol. The van der Waals surface area contributed by atoms with Crippen molar-refractivity contribution in [2.75, 3.05) is 15.8 Å². The molecule has 0 radical (unpaired) electrons. The van der Waals surface area contributed by atoms with Crippen molar-refractivity contribution in [1.82, 2.24) is 10.2 Å². The number of hydrogen-bond donors (Lipinski definition) is 2. The minimum atomic E-state index is -3.36. The minimum absolute atomic E-state index is 0.0902. The third kappa shape index (κ3) is 5.19. The number of aromatic nitrogens is 2. The number of para-hydroxylation sites is 1. The molecule has 7 heteroatoms. The zero-order chi connectivity index (χ0) is 17.6. The molecule has 0 saturated carbocycles. The lowest BCUT2D eigenvalue weighted by Crippen LogP contribution is -2.17. The van der Waals surface area contributed by atoms with Crippen LogP contribution in [0.4, 0.5) is 17.3 Å². The first-order chi connectivity index (χ1) is 11.4. The Bertz CT molecular complexity index is 758. The molecule has 2 aromatic rings. The first-order valence-corrected chi connectivity index (χ1v) is 9.76. The highest BCUT2D eigenvalue weighted by atomic mass is 32.2. The SMILES string of the molecule is CCCCS(=O)(=O)Nc1ccc(Nc2ccccc2C(C)C)nn1. The fourth-order valence-corrected chi connectivity index (χ4v) is 3.45. The van der Waals surface area contributed by atoms with Crippen LogP contribution in [0.15, 0.2) is 36.4 Å². The predicted molar refractivity (Wildman–Crippen MR) is 98.2 cm³/mol. The van der Waals surface area contributed by atoms with Gasteiger partial charge in [0.1, 0.15) is 0 Å². The van der Waals surface area contributed by atoms with Crippen LogP contribution in [0.2, 0.25) is 0 Å². The van der Waals surface area contributed by atoms with E-state index in [9.17, 15) is 8.42 Å². The van der Waals surface area contributed by atoms with Crippen LogP contribution in [0.3, 0.4) is 0 Å². The lowest BCUT2D eigenvalue weighted by atomic mass is 10.0. The first kappa shape index (κ1) is 18.2. The number of nitrogens with one attached hydrogen (secondary N) is 2. The molecule has 24 heavy (non-hydrogen) atoms. The molecule has 0 aliphatic carbocycles. The summed E-state index contributed by atoms with van der Waals surface area (Å²) in [7, 11) is -3.36. The third-order valence-electron chi connectivity index (χ3n) is 3.54. The number of anilines is 3. The van der Waals surface area contributed by atoms with Crippen molar-refractivity contribution in [2.24, 2.45) is 0 Å². The Morgan fingerprint density at radius 3 is 2.33 bits per heavy atom. The van der Waals surface area contributed by atoms with Gasteiger partial charge in [0.2, 0.25) is 10.0 Å². The van der Waals surface area contributed by atoms with E-state index >= 15 is 0 Å². The quantitative estimate of drug-likeness (QED) is 0.756. The molecule has 0 aliphatic heterocycles. The fourth-order valence-electron chi connectivity index (χ4n) is 2.25. The molecule has 0 unspecified atom stereocenters. The van der Waals surface area contributed by atoms with Crippen molar-refractivity contribution < 1.29 is 8.42 Å². The van der Waals surface area contributed by atoms with Gasteiger partial charge >= 0.3 is 0 Å². The van der Waals surface area contributed by atoms with E-state index in [0.29, 0.717) is 18.2 Å². The van der Waals surface area contributed by atoms with Crippen molar-refractivity contribution in [3.63, 3.8) is 0 Å². The monoisotopic (exact) mass is 348 g/mol. The van der Waals surface area contributed by atoms with Crippen LogP contribution >= 0.6 is 0 Å². The Hall–Kier alpha value is -2.15. The van der Waals surface area contributed by atoms with E-state index in [1.807, 2.05) is 25.1 Å². The van der Waals surface area contributed by atoms with E-state index in [0.717, 1.165) is 12.1 Å². The van der Waals surface area contributed by atoms with Gasteiger partial charge in [0.25, 0.3) is 0 Å². The molecule has 2 rings (SSSR count). The normalized spacial score (nSPS) is 11.5. The number of hydrogen-bond acceptors (Lipinski definition) is 5. The summed E-state index contributed by atoms with van der Waals surface area (Å²) >= 11 is 0. The van der Waals surface area contributed by atoms with E-state index in [2.05, 4.69) is 40.2 Å².